The van der Waals surface area contributed by atoms with Crippen LogP contribution in [0.5, 0.6) is 0 Å². The fourth-order valence-electron chi connectivity index (χ4n) is 4.10. The van der Waals surface area contributed by atoms with Crippen molar-refractivity contribution >= 4 is 27.1 Å². The quantitative estimate of drug-likeness (QED) is 0.373. The Kier molecular flexibility index (Phi) is 6.63. The lowest BCUT2D eigenvalue weighted by molar-refractivity contribution is 0.290. The van der Waals surface area contributed by atoms with Crippen molar-refractivity contribution < 1.29 is 5.11 Å². The van der Waals surface area contributed by atoms with Crippen LogP contribution < -0.4 is 0 Å². The first-order valence-corrected chi connectivity index (χ1v) is 11.3. The molecule has 29 heavy (non-hydrogen) atoms. The maximum atomic E-state index is 9.52. The van der Waals surface area contributed by atoms with Crippen LogP contribution in [0.2, 0.25) is 0 Å². The van der Waals surface area contributed by atoms with E-state index in [4.69, 9.17) is 0 Å². The molecule has 2 heteroatoms. The van der Waals surface area contributed by atoms with E-state index >= 15 is 0 Å². The van der Waals surface area contributed by atoms with Crippen molar-refractivity contribution in [2.45, 2.75) is 38.0 Å². The molecule has 0 aliphatic heterocycles. The molecular formula is C27H27BrO. The second-order valence-corrected chi connectivity index (χ2v) is 8.72. The van der Waals surface area contributed by atoms with Gasteiger partial charge in [0.25, 0.3) is 0 Å². The van der Waals surface area contributed by atoms with Gasteiger partial charge in [0.1, 0.15) is 0 Å². The molecule has 0 heterocycles. The van der Waals surface area contributed by atoms with Gasteiger partial charge in [-0.25, -0.2) is 0 Å². The number of rotatable bonds is 7. The first-order chi connectivity index (χ1) is 14.3. The van der Waals surface area contributed by atoms with Crippen molar-refractivity contribution in [2.75, 3.05) is 6.61 Å². The van der Waals surface area contributed by atoms with Crippen LogP contribution in [0.1, 0.15) is 60.3 Å². The third-order valence-electron chi connectivity index (χ3n) is 5.92. The van der Waals surface area contributed by atoms with Gasteiger partial charge in [0.15, 0.2) is 0 Å². The van der Waals surface area contributed by atoms with E-state index in [-0.39, 0.29) is 6.61 Å². The van der Waals surface area contributed by atoms with Gasteiger partial charge in [-0.05, 0) is 77.1 Å². The zero-order chi connectivity index (χ0) is 20.1. The lowest BCUT2D eigenvalue weighted by Crippen LogP contribution is -2.08. The molecule has 1 nitrogen and oxygen atoms in total. The summed E-state index contributed by atoms with van der Waals surface area (Å²) in [5.41, 5.74) is 7.69. The number of aliphatic hydroxyl groups is 1. The van der Waals surface area contributed by atoms with E-state index in [1.807, 2.05) is 0 Å². The Morgan fingerprint density at radius 3 is 1.97 bits per heavy atom. The molecule has 3 aromatic carbocycles. The number of halogens is 1. The molecule has 1 fully saturated rings. The fourth-order valence-corrected chi connectivity index (χ4v) is 4.37. The van der Waals surface area contributed by atoms with Crippen LogP contribution in [0.25, 0.3) is 11.1 Å². The van der Waals surface area contributed by atoms with Gasteiger partial charge in [0.05, 0.1) is 0 Å². The highest BCUT2D eigenvalue weighted by Crippen LogP contribution is 2.39. The van der Waals surface area contributed by atoms with E-state index in [1.165, 1.54) is 52.7 Å². The van der Waals surface area contributed by atoms with Gasteiger partial charge >= 0.3 is 0 Å². The van der Waals surface area contributed by atoms with Crippen LogP contribution in [-0.4, -0.2) is 11.7 Å². The van der Waals surface area contributed by atoms with Crippen molar-refractivity contribution in [3.8, 4) is 0 Å². The van der Waals surface area contributed by atoms with Crippen LogP contribution in [0.4, 0.5) is 0 Å². The molecular weight excluding hydrogens is 420 g/mol. The highest BCUT2D eigenvalue weighted by Gasteiger charge is 2.20. The van der Waals surface area contributed by atoms with Gasteiger partial charge in [-0.15, -0.1) is 0 Å². The van der Waals surface area contributed by atoms with Crippen molar-refractivity contribution in [3.63, 3.8) is 0 Å². The highest BCUT2D eigenvalue weighted by atomic mass is 79.9. The molecule has 1 aliphatic rings. The molecule has 1 N–H and O–H groups in total. The molecule has 0 bridgehead atoms. The Morgan fingerprint density at radius 2 is 1.41 bits per heavy atom. The van der Waals surface area contributed by atoms with Crippen molar-refractivity contribution in [1.29, 1.82) is 0 Å². The summed E-state index contributed by atoms with van der Waals surface area (Å²) >= 11 is 3.57. The third kappa shape index (κ3) is 4.71. The Labute approximate surface area is 182 Å². The molecule has 4 rings (SSSR count). The summed E-state index contributed by atoms with van der Waals surface area (Å²) in [4.78, 5) is 0. The Hall–Kier alpha value is -2.16. The summed E-state index contributed by atoms with van der Waals surface area (Å²) in [6.07, 6.45) is 5.59. The summed E-state index contributed by atoms with van der Waals surface area (Å²) in [5, 5.41) is 9.52. The van der Waals surface area contributed by atoms with Crippen LogP contribution in [-0.2, 0) is 0 Å². The molecule has 1 aliphatic carbocycles. The minimum Gasteiger partial charge on any atom is -0.396 e. The summed E-state index contributed by atoms with van der Waals surface area (Å²) in [6, 6.07) is 28.4. The number of allylic oxidation sites excluding steroid dienone is 1. The van der Waals surface area contributed by atoms with Crippen LogP contribution in [0.15, 0.2) is 83.3 Å². The molecule has 0 atom stereocenters. The fraction of sp³-hybridized carbons (Fsp3) is 0.259. The zero-order valence-electron chi connectivity index (χ0n) is 16.7. The van der Waals surface area contributed by atoms with Crippen LogP contribution >= 0.6 is 15.9 Å². The Bertz CT molecular complexity index is 952. The highest BCUT2D eigenvalue weighted by molar-refractivity contribution is 9.10. The second kappa shape index (κ2) is 9.56. The molecule has 0 aromatic heterocycles. The van der Waals surface area contributed by atoms with Gasteiger partial charge in [0, 0.05) is 11.1 Å². The summed E-state index contributed by atoms with van der Waals surface area (Å²) in [6.45, 7) is 0.199. The summed E-state index contributed by atoms with van der Waals surface area (Å²) < 4.78 is 1.08. The van der Waals surface area contributed by atoms with Gasteiger partial charge in [0.2, 0.25) is 0 Å². The predicted octanol–water partition coefficient (Wildman–Crippen LogP) is 7.45. The van der Waals surface area contributed by atoms with E-state index in [0.29, 0.717) is 0 Å². The average molecular weight is 447 g/mol. The first-order valence-electron chi connectivity index (χ1n) is 10.5. The molecule has 0 spiro atoms. The van der Waals surface area contributed by atoms with Crippen LogP contribution in [0.3, 0.4) is 0 Å². The predicted molar refractivity (Wildman–Crippen MR) is 126 cm³/mol. The van der Waals surface area contributed by atoms with Gasteiger partial charge in [-0.2, -0.15) is 0 Å². The topological polar surface area (TPSA) is 20.2 Å². The average Bonchev–Trinajstić information content (AvgIpc) is 2.72. The monoisotopic (exact) mass is 446 g/mol. The summed E-state index contributed by atoms with van der Waals surface area (Å²) in [7, 11) is 0. The smallest absolute Gasteiger partial charge is 0.0434 e. The van der Waals surface area contributed by atoms with E-state index in [9.17, 15) is 5.11 Å². The number of hydrogen-bond acceptors (Lipinski definition) is 1. The molecule has 0 unspecified atom stereocenters. The van der Waals surface area contributed by atoms with Crippen molar-refractivity contribution in [2.24, 2.45) is 0 Å². The molecule has 0 saturated heterocycles. The summed E-state index contributed by atoms with van der Waals surface area (Å²) in [5.74, 6) is 0.743. The minimum atomic E-state index is 0.199. The van der Waals surface area contributed by atoms with E-state index in [1.54, 1.807) is 0 Å². The van der Waals surface area contributed by atoms with Crippen molar-refractivity contribution in [1.82, 2.24) is 0 Å². The third-order valence-corrected chi connectivity index (χ3v) is 6.45. The number of benzene rings is 3. The van der Waals surface area contributed by atoms with Crippen molar-refractivity contribution in [3.05, 3.63) is 106 Å². The molecule has 0 amide bonds. The number of hydrogen-bond donors (Lipinski definition) is 1. The lowest BCUT2D eigenvalue weighted by atomic mass is 9.79. The van der Waals surface area contributed by atoms with E-state index in [0.717, 1.165) is 23.2 Å². The first kappa shape index (κ1) is 20.1. The Balaban J connectivity index is 1.85. The van der Waals surface area contributed by atoms with Gasteiger partial charge < -0.3 is 5.11 Å². The molecule has 3 aromatic rings. The SMILES string of the molecule is OCCC/C(=C(\c1ccc(Br)cc1)c1ccc(C2CCC2)cc1)c1ccccc1. The number of aliphatic hydroxyl groups excluding tert-OH is 1. The largest absolute Gasteiger partial charge is 0.396 e. The van der Waals surface area contributed by atoms with Gasteiger partial charge in [-0.1, -0.05) is 89.1 Å². The molecule has 148 valence electrons. The van der Waals surface area contributed by atoms with E-state index in [2.05, 4.69) is 94.8 Å². The van der Waals surface area contributed by atoms with Gasteiger partial charge in [-0.3, -0.25) is 0 Å². The van der Waals surface area contributed by atoms with E-state index < -0.39 is 0 Å². The van der Waals surface area contributed by atoms with Crippen LogP contribution in [0, 0.1) is 0 Å². The molecule has 1 saturated carbocycles. The maximum absolute atomic E-state index is 9.52. The second-order valence-electron chi connectivity index (χ2n) is 7.80. The Morgan fingerprint density at radius 1 is 0.793 bits per heavy atom. The lowest BCUT2D eigenvalue weighted by Gasteiger charge is -2.26. The maximum Gasteiger partial charge on any atom is 0.0434 e. The minimum absolute atomic E-state index is 0.199. The standard InChI is InChI=1S/C27H27BrO/c28-25-17-15-24(16-18-25)27(23-13-11-21(12-14-23)20-8-4-9-20)26(10-5-19-29)22-6-2-1-3-7-22/h1-3,6-7,11-18,20,29H,4-5,8-10,19H2/b27-26+. The normalized spacial score (nSPS) is 15.0. The zero-order valence-corrected chi connectivity index (χ0v) is 18.2. The molecule has 0 radical (unpaired) electrons.